The maximum atomic E-state index is 9.77. The van der Waals surface area contributed by atoms with Crippen molar-refractivity contribution in [2.24, 2.45) is 0 Å². The summed E-state index contributed by atoms with van der Waals surface area (Å²) in [6.07, 6.45) is -5.21. The predicted octanol–water partition coefficient (Wildman–Crippen LogP) is -0.993. The number of aliphatic carboxylic acids is 2. The Morgan fingerprint density at radius 1 is 0.960 bits per heavy atom. The second kappa shape index (κ2) is 10.5. The first-order valence-corrected chi connectivity index (χ1v) is 7.22. The number of benzene rings is 1. The Labute approximate surface area is 143 Å². The Morgan fingerprint density at radius 3 is 1.80 bits per heavy atom. The summed E-state index contributed by atoms with van der Waals surface area (Å²) >= 11 is 0. The van der Waals surface area contributed by atoms with Crippen molar-refractivity contribution in [3.8, 4) is 11.5 Å². The van der Waals surface area contributed by atoms with Crippen LogP contribution in [0.4, 0.5) is 0 Å². The van der Waals surface area contributed by atoms with Crippen LogP contribution in [0.3, 0.4) is 0 Å². The maximum Gasteiger partial charge on any atom is 0.335 e. The van der Waals surface area contributed by atoms with Crippen LogP contribution in [0.15, 0.2) is 18.2 Å². The van der Waals surface area contributed by atoms with Gasteiger partial charge in [0.1, 0.15) is 0 Å². The lowest BCUT2D eigenvalue weighted by Gasteiger charge is -2.14. The fraction of sp³-hybridized carbons (Fsp3) is 0.467. The molecule has 25 heavy (non-hydrogen) atoms. The molecule has 8 N–H and O–H groups in total. The molecule has 0 aliphatic rings. The van der Waals surface area contributed by atoms with E-state index < -0.39 is 30.3 Å². The molecule has 0 aliphatic heterocycles. The Hall–Kier alpha value is -2.40. The number of aromatic hydroxyl groups is 2. The number of phenolic OH excluding ortho intramolecular Hbond substituents is 2. The second-order valence-electron chi connectivity index (χ2n) is 5.39. The van der Waals surface area contributed by atoms with Crippen molar-refractivity contribution in [3.05, 3.63) is 23.8 Å². The normalized spacial score (nSPS) is 14.2. The Balaban J connectivity index is 0.000000504. The molecule has 0 bridgehead atoms. The molecule has 0 aliphatic carbocycles. The first-order valence-electron chi connectivity index (χ1n) is 7.22. The summed E-state index contributed by atoms with van der Waals surface area (Å²) in [5.74, 6) is -3.93. The minimum atomic E-state index is -2.27. The minimum Gasteiger partial charge on any atom is -0.504 e. The molecule has 0 fully saturated rings. The zero-order chi connectivity index (χ0) is 19.7. The molecule has 3 atom stereocenters. The smallest absolute Gasteiger partial charge is 0.335 e. The molecule has 0 saturated heterocycles. The molecule has 1 aromatic rings. The molecular weight excluding hydrogens is 338 g/mol. The van der Waals surface area contributed by atoms with Crippen LogP contribution in [0.25, 0.3) is 0 Å². The monoisotopic (exact) mass is 361 g/mol. The highest BCUT2D eigenvalue weighted by molar-refractivity contribution is 5.83. The van der Waals surface area contributed by atoms with E-state index in [9.17, 15) is 19.8 Å². The number of carboxylic acid groups (broad SMARTS) is 2. The molecule has 0 saturated carbocycles. The molecule has 0 aromatic heterocycles. The molecule has 0 heterocycles. The lowest BCUT2D eigenvalue weighted by molar-refractivity contribution is -0.165. The molecule has 1 rings (SSSR count). The first-order chi connectivity index (χ1) is 11.5. The van der Waals surface area contributed by atoms with Crippen molar-refractivity contribution >= 4 is 11.9 Å². The summed E-state index contributed by atoms with van der Waals surface area (Å²) in [5.41, 5.74) is 0.582. The van der Waals surface area contributed by atoms with Gasteiger partial charge in [0.05, 0.1) is 6.10 Å². The Kier molecular flexibility index (Phi) is 9.46. The number of hydrogen-bond acceptors (Lipinski definition) is 8. The summed E-state index contributed by atoms with van der Waals surface area (Å²) in [5, 5.41) is 63.7. The standard InChI is InChI=1S/C11H17NO3.C4H6O6/c1-7(2)12-6-11(15)8-3-4-9(13)10(14)5-8;5-1(3(7)8)2(6)4(9)10/h3-5,7,11-15H,6H2,1-2H3;1-2,5-6H,(H,7,8)(H,9,10). The maximum absolute atomic E-state index is 9.77. The molecule has 1 aromatic carbocycles. The topological polar surface area (TPSA) is 188 Å². The van der Waals surface area contributed by atoms with Gasteiger partial charge in [0.2, 0.25) is 0 Å². The average Bonchev–Trinajstić information content (AvgIpc) is 2.53. The van der Waals surface area contributed by atoms with Crippen molar-refractivity contribution in [2.45, 2.75) is 38.2 Å². The van der Waals surface area contributed by atoms with Crippen LogP contribution in [-0.2, 0) is 9.59 Å². The van der Waals surface area contributed by atoms with E-state index in [1.165, 1.54) is 12.1 Å². The number of carboxylic acids is 2. The molecule has 10 nitrogen and oxygen atoms in total. The lowest BCUT2D eigenvalue weighted by Crippen LogP contribution is -2.39. The number of nitrogens with one attached hydrogen (secondary N) is 1. The number of carbonyl (C=O) groups is 2. The third-order valence-electron chi connectivity index (χ3n) is 2.91. The van der Waals surface area contributed by atoms with Gasteiger partial charge in [-0.25, -0.2) is 9.59 Å². The SMILES string of the molecule is CC(C)NCC(O)c1ccc(O)c(O)c1.O=C(O)C(O)C(O)C(=O)O. The third kappa shape index (κ3) is 8.31. The van der Waals surface area contributed by atoms with Gasteiger partial charge in [-0.15, -0.1) is 0 Å². The zero-order valence-corrected chi connectivity index (χ0v) is 13.7. The highest BCUT2D eigenvalue weighted by Gasteiger charge is 2.29. The number of hydrogen-bond donors (Lipinski definition) is 8. The van der Waals surface area contributed by atoms with Gasteiger partial charge in [-0.3, -0.25) is 0 Å². The van der Waals surface area contributed by atoms with Gasteiger partial charge >= 0.3 is 11.9 Å². The van der Waals surface area contributed by atoms with Crippen LogP contribution >= 0.6 is 0 Å². The number of aliphatic hydroxyl groups is 3. The first kappa shape index (κ1) is 22.6. The van der Waals surface area contributed by atoms with Gasteiger partial charge in [-0.1, -0.05) is 19.9 Å². The van der Waals surface area contributed by atoms with E-state index in [1.54, 1.807) is 6.07 Å². The number of aliphatic hydroxyl groups excluding tert-OH is 3. The minimum absolute atomic E-state index is 0.178. The van der Waals surface area contributed by atoms with Crippen LogP contribution < -0.4 is 5.32 Å². The van der Waals surface area contributed by atoms with E-state index in [2.05, 4.69) is 5.32 Å². The number of phenols is 2. The van der Waals surface area contributed by atoms with Crippen LogP contribution in [0.2, 0.25) is 0 Å². The van der Waals surface area contributed by atoms with E-state index in [0.29, 0.717) is 18.2 Å². The molecule has 10 heteroatoms. The van der Waals surface area contributed by atoms with E-state index >= 15 is 0 Å². The fourth-order valence-corrected chi connectivity index (χ4v) is 1.48. The summed E-state index contributed by atoms with van der Waals surface area (Å²) in [6, 6.07) is 4.61. The Bertz CT molecular complexity index is 558. The third-order valence-corrected chi connectivity index (χ3v) is 2.91. The second-order valence-corrected chi connectivity index (χ2v) is 5.39. The summed E-state index contributed by atoms with van der Waals surface area (Å²) in [6.45, 7) is 4.39. The van der Waals surface area contributed by atoms with Gasteiger partial charge < -0.3 is 41.1 Å². The highest BCUT2D eigenvalue weighted by atomic mass is 16.4. The summed E-state index contributed by atoms with van der Waals surface area (Å²) in [4.78, 5) is 19.5. The van der Waals surface area contributed by atoms with Crippen molar-refractivity contribution in [1.82, 2.24) is 5.32 Å². The molecule has 0 radical (unpaired) electrons. The van der Waals surface area contributed by atoms with Crippen molar-refractivity contribution in [3.63, 3.8) is 0 Å². The fourth-order valence-electron chi connectivity index (χ4n) is 1.48. The zero-order valence-electron chi connectivity index (χ0n) is 13.7. The van der Waals surface area contributed by atoms with Gasteiger partial charge in [0, 0.05) is 12.6 Å². The summed E-state index contributed by atoms with van der Waals surface area (Å²) < 4.78 is 0. The quantitative estimate of drug-likeness (QED) is 0.280. The van der Waals surface area contributed by atoms with Gasteiger partial charge in [0.15, 0.2) is 23.7 Å². The Morgan fingerprint density at radius 2 is 1.44 bits per heavy atom. The van der Waals surface area contributed by atoms with E-state index in [-0.39, 0.29) is 11.5 Å². The molecule has 142 valence electrons. The predicted molar refractivity (Wildman–Crippen MR) is 85.2 cm³/mol. The van der Waals surface area contributed by atoms with Crippen LogP contribution in [0, 0.1) is 0 Å². The van der Waals surface area contributed by atoms with E-state index in [1.807, 2.05) is 13.8 Å². The van der Waals surface area contributed by atoms with Crippen molar-refractivity contribution in [1.29, 1.82) is 0 Å². The van der Waals surface area contributed by atoms with Gasteiger partial charge in [-0.2, -0.15) is 0 Å². The molecule has 0 spiro atoms. The van der Waals surface area contributed by atoms with E-state index in [4.69, 9.17) is 25.5 Å². The van der Waals surface area contributed by atoms with Crippen molar-refractivity contribution < 1.29 is 45.3 Å². The molecule has 0 amide bonds. The van der Waals surface area contributed by atoms with Gasteiger partial charge in [0.25, 0.3) is 0 Å². The number of rotatable bonds is 7. The highest BCUT2D eigenvalue weighted by Crippen LogP contribution is 2.27. The molecule has 3 unspecified atom stereocenters. The summed E-state index contributed by atoms with van der Waals surface area (Å²) in [7, 11) is 0. The van der Waals surface area contributed by atoms with Gasteiger partial charge in [-0.05, 0) is 17.7 Å². The van der Waals surface area contributed by atoms with E-state index in [0.717, 1.165) is 0 Å². The van der Waals surface area contributed by atoms with Crippen LogP contribution in [0.1, 0.15) is 25.5 Å². The molecular formula is C15H23NO9. The average molecular weight is 361 g/mol. The van der Waals surface area contributed by atoms with Crippen LogP contribution in [0.5, 0.6) is 11.5 Å². The lowest BCUT2D eigenvalue weighted by atomic mass is 10.1. The van der Waals surface area contributed by atoms with Crippen LogP contribution in [-0.4, -0.2) is 72.5 Å². The van der Waals surface area contributed by atoms with Crippen molar-refractivity contribution in [2.75, 3.05) is 6.54 Å². The largest absolute Gasteiger partial charge is 0.504 e.